The van der Waals surface area contributed by atoms with Gasteiger partial charge in [-0.1, -0.05) is 41.8 Å². The minimum atomic E-state index is -0.125. The van der Waals surface area contributed by atoms with Gasteiger partial charge in [-0.25, -0.2) is 0 Å². The van der Waals surface area contributed by atoms with E-state index in [1.54, 1.807) is 42.5 Å². The molecule has 0 bridgehead atoms. The number of nitrogens with zero attached hydrogens (tertiary/aromatic N) is 2. The number of halogens is 2. The summed E-state index contributed by atoms with van der Waals surface area (Å²) in [6.45, 7) is 3.58. The van der Waals surface area contributed by atoms with Crippen LogP contribution in [0.1, 0.15) is 53.6 Å². The largest absolute Gasteiger partial charge is 0.353 e. The topological polar surface area (TPSA) is 85.2 Å². The van der Waals surface area contributed by atoms with Crippen molar-refractivity contribution < 1.29 is 9.59 Å². The summed E-state index contributed by atoms with van der Waals surface area (Å²) in [7, 11) is 0. The molecular weight excluding hydrogens is 483 g/mol. The van der Waals surface area contributed by atoms with Crippen molar-refractivity contribution in [2.45, 2.75) is 38.1 Å². The highest BCUT2D eigenvalue weighted by Crippen LogP contribution is 2.23. The number of carbonyl (C=O) groups excluding carboxylic acids is 2. The van der Waals surface area contributed by atoms with E-state index in [-0.39, 0.29) is 17.9 Å². The minimum Gasteiger partial charge on any atom is -0.353 e. The fraction of sp³-hybridized carbons (Fsp3) is 0.370. The van der Waals surface area contributed by atoms with Gasteiger partial charge in [-0.2, -0.15) is 5.26 Å². The van der Waals surface area contributed by atoms with Crippen molar-refractivity contribution in [2.24, 2.45) is 0 Å². The Labute approximate surface area is 216 Å². The Bertz CT molecular complexity index is 1090. The van der Waals surface area contributed by atoms with Crippen LogP contribution in [-0.2, 0) is 4.79 Å². The highest BCUT2D eigenvalue weighted by atomic mass is 35.5. The summed E-state index contributed by atoms with van der Waals surface area (Å²) < 4.78 is 0. The summed E-state index contributed by atoms with van der Waals surface area (Å²) in [6, 6.07) is 14.3. The molecule has 2 aromatic carbocycles. The standard InChI is InChI=1S/C27H30Cl2N4O2/c28-24-9-7-20(18-25(24)29)8-10-26(34)31-13-2-1-3-14-33-15-11-23(12-16-33)32-27(35)22-6-4-5-21(17-22)19-30/h4-10,17-18,23H,1-3,11-16H2,(H,31,34)(H,32,35)/b10-8+. The third kappa shape index (κ3) is 9.03. The first kappa shape index (κ1) is 26.7. The van der Waals surface area contributed by atoms with Crippen molar-refractivity contribution >= 4 is 41.1 Å². The Balaban J connectivity index is 1.25. The fourth-order valence-corrected chi connectivity index (χ4v) is 4.30. The van der Waals surface area contributed by atoms with Crippen LogP contribution in [0, 0.1) is 11.3 Å². The molecule has 0 unspecified atom stereocenters. The van der Waals surface area contributed by atoms with E-state index in [0.29, 0.717) is 27.7 Å². The first-order chi connectivity index (χ1) is 16.9. The number of unbranched alkanes of at least 4 members (excludes halogenated alkanes) is 2. The number of likely N-dealkylation sites (tertiary alicyclic amines) is 1. The van der Waals surface area contributed by atoms with Gasteiger partial charge in [0, 0.05) is 37.3 Å². The zero-order chi connectivity index (χ0) is 25.0. The number of hydrogen-bond acceptors (Lipinski definition) is 4. The molecule has 3 rings (SSSR count). The van der Waals surface area contributed by atoms with Gasteiger partial charge in [0.05, 0.1) is 21.7 Å². The van der Waals surface area contributed by atoms with Gasteiger partial charge in [0.2, 0.25) is 5.91 Å². The average Bonchev–Trinajstić information content (AvgIpc) is 2.87. The Morgan fingerprint density at radius 1 is 1.06 bits per heavy atom. The highest BCUT2D eigenvalue weighted by Gasteiger charge is 2.21. The number of nitriles is 1. The number of rotatable bonds is 10. The molecule has 2 N–H and O–H groups in total. The summed E-state index contributed by atoms with van der Waals surface area (Å²) in [5, 5.41) is 16.0. The normalized spacial score (nSPS) is 14.5. The van der Waals surface area contributed by atoms with E-state index >= 15 is 0 Å². The van der Waals surface area contributed by atoms with Gasteiger partial charge in [0.25, 0.3) is 5.91 Å². The second kappa shape index (κ2) is 13.9. The van der Waals surface area contributed by atoms with Crippen molar-refractivity contribution in [1.29, 1.82) is 5.26 Å². The van der Waals surface area contributed by atoms with Crippen LogP contribution in [0.3, 0.4) is 0 Å². The molecule has 0 aromatic heterocycles. The first-order valence-electron chi connectivity index (χ1n) is 11.9. The van der Waals surface area contributed by atoms with Crippen LogP contribution in [0.5, 0.6) is 0 Å². The summed E-state index contributed by atoms with van der Waals surface area (Å²) in [6.07, 6.45) is 8.11. The molecule has 2 amide bonds. The van der Waals surface area contributed by atoms with Crippen molar-refractivity contribution in [2.75, 3.05) is 26.2 Å². The summed E-state index contributed by atoms with van der Waals surface area (Å²) in [5.74, 6) is -0.242. The fourth-order valence-electron chi connectivity index (χ4n) is 4.00. The lowest BCUT2D eigenvalue weighted by atomic mass is 10.0. The smallest absolute Gasteiger partial charge is 0.251 e. The number of amides is 2. The molecule has 0 aliphatic carbocycles. The quantitative estimate of drug-likeness (QED) is 0.344. The maximum absolute atomic E-state index is 12.4. The summed E-state index contributed by atoms with van der Waals surface area (Å²) in [5.41, 5.74) is 1.85. The predicted octanol–water partition coefficient (Wildman–Crippen LogP) is 5.06. The Kier molecular flexibility index (Phi) is 10.6. The number of hydrogen-bond donors (Lipinski definition) is 2. The van der Waals surface area contributed by atoms with E-state index in [2.05, 4.69) is 21.6 Å². The van der Waals surface area contributed by atoms with Gasteiger partial charge in [-0.05, 0) is 74.2 Å². The van der Waals surface area contributed by atoms with Crippen LogP contribution in [0.4, 0.5) is 0 Å². The van der Waals surface area contributed by atoms with Gasteiger partial charge in [-0.15, -0.1) is 0 Å². The van der Waals surface area contributed by atoms with Gasteiger partial charge in [-0.3, -0.25) is 9.59 Å². The van der Waals surface area contributed by atoms with Crippen LogP contribution in [0.2, 0.25) is 10.0 Å². The maximum atomic E-state index is 12.4. The summed E-state index contributed by atoms with van der Waals surface area (Å²) >= 11 is 11.9. The van der Waals surface area contributed by atoms with E-state index in [1.165, 1.54) is 6.08 Å². The number of piperidine rings is 1. The molecule has 0 saturated carbocycles. The van der Waals surface area contributed by atoms with Gasteiger partial charge >= 0.3 is 0 Å². The van der Waals surface area contributed by atoms with E-state index in [1.807, 2.05) is 6.07 Å². The molecule has 2 aromatic rings. The molecular formula is C27H30Cl2N4O2. The third-order valence-corrected chi connectivity index (χ3v) is 6.74. The predicted molar refractivity (Wildman–Crippen MR) is 140 cm³/mol. The van der Waals surface area contributed by atoms with E-state index in [0.717, 1.165) is 57.3 Å². The van der Waals surface area contributed by atoms with Crippen molar-refractivity contribution in [3.8, 4) is 6.07 Å². The average molecular weight is 513 g/mol. The van der Waals surface area contributed by atoms with Gasteiger partial charge < -0.3 is 15.5 Å². The summed E-state index contributed by atoms with van der Waals surface area (Å²) in [4.78, 5) is 26.8. The molecule has 1 fully saturated rings. The molecule has 8 heteroatoms. The molecule has 1 aliphatic rings. The second-order valence-corrected chi connectivity index (χ2v) is 9.45. The molecule has 0 radical (unpaired) electrons. The molecule has 0 spiro atoms. The van der Waals surface area contributed by atoms with Crippen molar-refractivity contribution in [1.82, 2.24) is 15.5 Å². The minimum absolute atomic E-state index is 0.116. The maximum Gasteiger partial charge on any atom is 0.251 e. The van der Waals surface area contributed by atoms with Crippen LogP contribution >= 0.6 is 23.2 Å². The molecule has 184 valence electrons. The molecule has 35 heavy (non-hydrogen) atoms. The number of carbonyl (C=O) groups is 2. The van der Waals surface area contributed by atoms with Gasteiger partial charge in [0.1, 0.15) is 0 Å². The monoisotopic (exact) mass is 512 g/mol. The van der Waals surface area contributed by atoms with Crippen LogP contribution in [0.25, 0.3) is 6.08 Å². The van der Waals surface area contributed by atoms with Crippen LogP contribution in [0.15, 0.2) is 48.5 Å². The third-order valence-electron chi connectivity index (χ3n) is 6.00. The Morgan fingerprint density at radius 3 is 2.60 bits per heavy atom. The van der Waals surface area contributed by atoms with E-state index in [4.69, 9.17) is 28.5 Å². The van der Waals surface area contributed by atoms with Crippen molar-refractivity contribution in [3.05, 3.63) is 75.3 Å². The van der Waals surface area contributed by atoms with E-state index in [9.17, 15) is 9.59 Å². The molecule has 0 atom stereocenters. The lowest BCUT2D eigenvalue weighted by molar-refractivity contribution is -0.116. The SMILES string of the molecule is N#Cc1cccc(C(=O)NC2CCN(CCCCCNC(=O)/C=C/c3ccc(Cl)c(Cl)c3)CC2)c1. The number of nitrogens with one attached hydrogen (secondary N) is 2. The molecule has 6 nitrogen and oxygen atoms in total. The van der Waals surface area contributed by atoms with Crippen LogP contribution < -0.4 is 10.6 Å². The zero-order valence-electron chi connectivity index (χ0n) is 19.6. The van der Waals surface area contributed by atoms with E-state index < -0.39 is 0 Å². The van der Waals surface area contributed by atoms with Crippen LogP contribution in [-0.4, -0.2) is 48.9 Å². The molecule has 1 aliphatic heterocycles. The van der Waals surface area contributed by atoms with Crippen molar-refractivity contribution in [3.63, 3.8) is 0 Å². The lowest BCUT2D eigenvalue weighted by Crippen LogP contribution is -2.44. The Hall–Kier alpha value is -2.85. The highest BCUT2D eigenvalue weighted by molar-refractivity contribution is 6.42. The Morgan fingerprint density at radius 2 is 1.86 bits per heavy atom. The molecule has 1 heterocycles. The first-order valence-corrected chi connectivity index (χ1v) is 12.6. The second-order valence-electron chi connectivity index (χ2n) is 8.64. The van der Waals surface area contributed by atoms with Gasteiger partial charge in [0.15, 0.2) is 0 Å². The molecule has 1 saturated heterocycles. The lowest BCUT2D eigenvalue weighted by Gasteiger charge is -2.32. The zero-order valence-corrected chi connectivity index (χ0v) is 21.1. The number of benzene rings is 2.